The first kappa shape index (κ1) is 17.8. The standard InChI is InChI=1S/C17H19NO5S/c1-11(14-8-5-9-24-14)18-15(19)10-23-17(20)16-12(21-2)6-4-7-13(16)22-3/h4-9,11H,10H2,1-3H3,(H,18,19)/t11-/m0/s1. The lowest BCUT2D eigenvalue weighted by atomic mass is 10.2. The number of esters is 1. The Labute approximate surface area is 144 Å². The van der Waals surface area contributed by atoms with Crippen molar-refractivity contribution in [2.24, 2.45) is 0 Å². The molecule has 1 heterocycles. The van der Waals surface area contributed by atoms with E-state index in [4.69, 9.17) is 14.2 Å². The molecule has 0 unspecified atom stereocenters. The number of amides is 1. The maximum absolute atomic E-state index is 12.3. The van der Waals surface area contributed by atoms with E-state index in [0.717, 1.165) is 4.88 Å². The second-order valence-electron chi connectivity index (χ2n) is 4.92. The molecule has 0 aliphatic rings. The Hall–Kier alpha value is -2.54. The molecule has 0 saturated heterocycles. The predicted molar refractivity (Wildman–Crippen MR) is 90.7 cm³/mol. The summed E-state index contributed by atoms with van der Waals surface area (Å²) in [6.07, 6.45) is 0. The second kappa shape index (κ2) is 8.35. The number of carbonyl (C=O) groups excluding carboxylic acids is 2. The van der Waals surface area contributed by atoms with E-state index in [1.165, 1.54) is 14.2 Å². The van der Waals surface area contributed by atoms with E-state index in [2.05, 4.69) is 5.32 Å². The van der Waals surface area contributed by atoms with Crippen molar-refractivity contribution in [1.82, 2.24) is 5.32 Å². The predicted octanol–water partition coefficient (Wildman–Crippen LogP) is 2.80. The van der Waals surface area contributed by atoms with Crippen molar-refractivity contribution in [3.8, 4) is 11.5 Å². The van der Waals surface area contributed by atoms with E-state index >= 15 is 0 Å². The maximum atomic E-state index is 12.3. The van der Waals surface area contributed by atoms with Crippen LogP contribution in [0.1, 0.15) is 28.2 Å². The van der Waals surface area contributed by atoms with Gasteiger partial charge in [-0.1, -0.05) is 12.1 Å². The minimum atomic E-state index is -0.678. The Morgan fingerprint density at radius 3 is 2.33 bits per heavy atom. The first-order valence-corrected chi connectivity index (χ1v) is 8.15. The van der Waals surface area contributed by atoms with Crippen molar-refractivity contribution < 1.29 is 23.8 Å². The highest BCUT2D eigenvalue weighted by Gasteiger charge is 2.21. The van der Waals surface area contributed by atoms with Crippen molar-refractivity contribution in [1.29, 1.82) is 0 Å². The van der Waals surface area contributed by atoms with Crippen LogP contribution in [-0.4, -0.2) is 32.7 Å². The average Bonchev–Trinajstić information content (AvgIpc) is 3.13. The molecular formula is C17H19NO5S. The van der Waals surface area contributed by atoms with Crippen LogP contribution < -0.4 is 14.8 Å². The van der Waals surface area contributed by atoms with Crippen LogP contribution in [0.3, 0.4) is 0 Å². The lowest BCUT2D eigenvalue weighted by molar-refractivity contribution is -0.124. The van der Waals surface area contributed by atoms with Gasteiger partial charge in [0.15, 0.2) is 6.61 Å². The number of methoxy groups -OCH3 is 2. The third kappa shape index (κ3) is 4.26. The molecule has 1 aromatic heterocycles. The Kier molecular flexibility index (Phi) is 6.20. The number of nitrogens with one attached hydrogen (secondary N) is 1. The normalized spacial score (nSPS) is 11.5. The summed E-state index contributed by atoms with van der Waals surface area (Å²) in [5, 5.41) is 4.71. The van der Waals surface area contributed by atoms with Gasteiger partial charge in [-0.3, -0.25) is 4.79 Å². The molecule has 24 heavy (non-hydrogen) atoms. The smallest absolute Gasteiger partial charge is 0.346 e. The number of thiophene rings is 1. The van der Waals surface area contributed by atoms with Crippen molar-refractivity contribution in [2.45, 2.75) is 13.0 Å². The number of hydrogen-bond acceptors (Lipinski definition) is 6. The molecule has 7 heteroatoms. The van der Waals surface area contributed by atoms with Gasteiger partial charge in [-0.2, -0.15) is 0 Å². The molecule has 0 aliphatic carbocycles. The van der Waals surface area contributed by atoms with Crippen molar-refractivity contribution in [3.63, 3.8) is 0 Å². The molecule has 128 valence electrons. The van der Waals surface area contributed by atoms with Crippen LogP contribution in [0.5, 0.6) is 11.5 Å². The molecule has 2 rings (SSSR count). The SMILES string of the molecule is COc1cccc(OC)c1C(=O)OCC(=O)N[C@@H](C)c1cccs1. The first-order valence-electron chi connectivity index (χ1n) is 7.27. The molecule has 1 N–H and O–H groups in total. The van der Waals surface area contributed by atoms with Gasteiger partial charge >= 0.3 is 5.97 Å². The number of benzene rings is 1. The van der Waals surface area contributed by atoms with E-state index in [0.29, 0.717) is 11.5 Å². The monoisotopic (exact) mass is 349 g/mol. The summed E-state index contributed by atoms with van der Waals surface area (Å²) in [6.45, 7) is 1.49. The lowest BCUT2D eigenvalue weighted by Gasteiger charge is -2.14. The van der Waals surface area contributed by atoms with Crippen LogP contribution in [0.2, 0.25) is 0 Å². The number of ether oxygens (including phenoxy) is 3. The minimum absolute atomic E-state index is 0.142. The fourth-order valence-electron chi connectivity index (χ4n) is 2.15. The van der Waals surface area contributed by atoms with E-state index in [1.807, 2.05) is 24.4 Å². The number of carbonyl (C=O) groups is 2. The van der Waals surface area contributed by atoms with Gasteiger partial charge in [0.2, 0.25) is 0 Å². The zero-order chi connectivity index (χ0) is 17.5. The number of rotatable bonds is 7. The van der Waals surface area contributed by atoms with Crippen LogP contribution in [0.25, 0.3) is 0 Å². The average molecular weight is 349 g/mol. The van der Waals surface area contributed by atoms with Gasteiger partial charge in [0, 0.05) is 4.88 Å². The molecule has 0 spiro atoms. The highest BCUT2D eigenvalue weighted by Crippen LogP contribution is 2.28. The topological polar surface area (TPSA) is 73.9 Å². The molecule has 2 aromatic rings. The Balaban J connectivity index is 1.97. The quantitative estimate of drug-likeness (QED) is 0.778. The molecule has 1 atom stereocenters. The second-order valence-corrected chi connectivity index (χ2v) is 5.90. The van der Waals surface area contributed by atoms with Gasteiger partial charge in [0.25, 0.3) is 5.91 Å². The molecule has 0 bridgehead atoms. The van der Waals surface area contributed by atoms with Crippen molar-refractivity contribution in [2.75, 3.05) is 20.8 Å². The first-order chi connectivity index (χ1) is 11.6. The van der Waals surface area contributed by atoms with E-state index in [9.17, 15) is 9.59 Å². The largest absolute Gasteiger partial charge is 0.496 e. The van der Waals surface area contributed by atoms with Crippen molar-refractivity contribution in [3.05, 3.63) is 46.2 Å². The van der Waals surface area contributed by atoms with Crippen LogP contribution >= 0.6 is 11.3 Å². The summed E-state index contributed by atoms with van der Waals surface area (Å²) >= 11 is 1.55. The van der Waals surface area contributed by atoms with Gasteiger partial charge < -0.3 is 19.5 Å². The van der Waals surface area contributed by atoms with Gasteiger partial charge in [0.05, 0.1) is 20.3 Å². The maximum Gasteiger partial charge on any atom is 0.346 e. The van der Waals surface area contributed by atoms with E-state index < -0.39 is 5.97 Å². The molecule has 0 aliphatic heterocycles. The van der Waals surface area contributed by atoms with Crippen LogP contribution in [0.15, 0.2) is 35.7 Å². The molecule has 6 nitrogen and oxygen atoms in total. The van der Waals surface area contributed by atoms with Gasteiger partial charge in [-0.05, 0) is 30.5 Å². The Morgan fingerprint density at radius 2 is 1.79 bits per heavy atom. The summed E-state index contributed by atoms with van der Waals surface area (Å²) in [4.78, 5) is 25.2. The third-order valence-corrected chi connectivity index (χ3v) is 4.37. The zero-order valence-electron chi connectivity index (χ0n) is 13.7. The molecule has 0 fully saturated rings. The summed E-state index contributed by atoms with van der Waals surface area (Å²) in [6, 6.07) is 8.65. The summed E-state index contributed by atoms with van der Waals surface area (Å²) in [5.74, 6) is -0.403. The van der Waals surface area contributed by atoms with Gasteiger partial charge in [-0.15, -0.1) is 11.3 Å². The molecule has 0 saturated carbocycles. The fourth-order valence-corrected chi connectivity index (χ4v) is 2.88. The molecule has 1 amide bonds. The Bertz CT molecular complexity index is 677. The fraction of sp³-hybridized carbons (Fsp3) is 0.294. The van der Waals surface area contributed by atoms with Crippen molar-refractivity contribution >= 4 is 23.2 Å². The zero-order valence-corrected chi connectivity index (χ0v) is 14.5. The summed E-state index contributed by atoms with van der Waals surface area (Å²) in [7, 11) is 2.89. The van der Waals surface area contributed by atoms with E-state index in [1.54, 1.807) is 29.5 Å². The number of hydrogen-bond donors (Lipinski definition) is 1. The minimum Gasteiger partial charge on any atom is -0.496 e. The van der Waals surface area contributed by atoms with Crippen LogP contribution in [0.4, 0.5) is 0 Å². The molecule has 1 aromatic carbocycles. The third-order valence-electron chi connectivity index (χ3n) is 3.31. The molecule has 0 radical (unpaired) electrons. The van der Waals surface area contributed by atoms with Crippen LogP contribution in [-0.2, 0) is 9.53 Å². The lowest BCUT2D eigenvalue weighted by Crippen LogP contribution is -2.30. The van der Waals surface area contributed by atoms with Gasteiger partial charge in [-0.25, -0.2) is 4.79 Å². The molecular weight excluding hydrogens is 330 g/mol. The van der Waals surface area contributed by atoms with E-state index in [-0.39, 0.29) is 24.1 Å². The highest BCUT2D eigenvalue weighted by atomic mass is 32.1. The Morgan fingerprint density at radius 1 is 1.12 bits per heavy atom. The summed E-state index contributed by atoms with van der Waals surface area (Å²) < 4.78 is 15.4. The highest BCUT2D eigenvalue weighted by molar-refractivity contribution is 7.10. The van der Waals surface area contributed by atoms with Crippen LogP contribution in [0, 0.1) is 0 Å². The summed E-state index contributed by atoms with van der Waals surface area (Å²) in [5.41, 5.74) is 0.154. The van der Waals surface area contributed by atoms with Gasteiger partial charge in [0.1, 0.15) is 17.1 Å².